The van der Waals surface area contributed by atoms with Crippen LogP contribution >= 0.6 is 11.6 Å². The van der Waals surface area contributed by atoms with Crippen molar-refractivity contribution in [2.45, 2.75) is 74.6 Å². The van der Waals surface area contributed by atoms with Crippen LogP contribution in [0.1, 0.15) is 72.9 Å². The number of nitrogens with two attached hydrogens (primary N) is 1. The van der Waals surface area contributed by atoms with Crippen LogP contribution in [-0.4, -0.2) is 55.7 Å². The van der Waals surface area contributed by atoms with E-state index in [2.05, 4.69) is 17.0 Å². The highest BCUT2D eigenvalue weighted by Gasteiger charge is 2.44. The first-order valence-electron chi connectivity index (χ1n) is 15.4. The summed E-state index contributed by atoms with van der Waals surface area (Å²) >= 11 is 6.37. The van der Waals surface area contributed by atoms with Crippen LogP contribution in [0, 0.1) is 17.8 Å². The summed E-state index contributed by atoms with van der Waals surface area (Å²) in [6.45, 7) is 1.86. The molecular formula is C33H41ClN2O6S. The smallest absolute Gasteiger partial charge is 0.335 e. The van der Waals surface area contributed by atoms with Crippen LogP contribution in [0.5, 0.6) is 5.75 Å². The maximum absolute atomic E-state index is 11.9. The fourth-order valence-corrected chi connectivity index (χ4v) is 9.07. The third-order valence-electron chi connectivity index (χ3n) is 10.4. The predicted octanol–water partition coefficient (Wildman–Crippen LogP) is 5.30. The lowest BCUT2D eigenvalue weighted by molar-refractivity contribution is 0.0453. The number of aromatic carboxylic acids is 1. The van der Waals surface area contributed by atoms with Gasteiger partial charge in [0.1, 0.15) is 5.75 Å². The third kappa shape index (κ3) is 6.32. The molecule has 2 aromatic rings. The van der Waals surface area contributed by atoms with Crippen molar-refractivity contribution in [2.24, 2.45) is 22.9 Å². The lowest BCUT2D eigenvalue weighted by Crippen LogP contribution is -2.49. The molecule has 8 nitrogen and oxygen atoms in total. The number of aliphatic hydroxyl groups is 1. The van der Waals surface area contributed by atoms with Crippen LogP contribution < -0.4 is 14.8 Å². The molecule has 1 unspecified atom stereocenters. The fraction of sp³-hybridized carbons (Fsp3) is 0.545. The van der Waals surface area contributed by atoms with E-state index in [-0.39, 0.29) is 28.7 Å². The number of anilines is 1. The first kappa shape index (κ1) is 30.4. The zero-order chi connectivity index (χ0) is 30.4. The van der Waals surface area contributed by atoms with Crippen LogP contribution in [-0.2, 0) is 21.9 Å². The van der Waals surface area contributed by atoms with Crippen molar-refractivity contribution in [1.82, 2.24) is 0 Å². The lowest BCUT2D eigenvalue weighted by atomic mass is 9.68. The molecule has 4 N–H and O–H groups in total. The highest BCUT2D eigenvalue weighted by atomic mass is 35.5. The van der Waals surface area contributed by atoms with E-state index in [1.165, 1.54) is 11.1 Å². The zero-order valence-electron chi connectivity index (χ0n) is 24.3. The lowest BCUT2D eigenvalue weighted by Gasteiger charge is -2.45. The zero-order valence-corrected chi connectivity index (χ0v) is 25.9. The van der Waals surface area contributed by atoms with Gasteiger partial charge in [0.05, 0.1) is 29.2 Å². The summed E-state index contributed by atoms with van der Waals surface area (Å²) in [6, 6.07) is 11.2. The molecule has 0 bridgehead atoms. The molecule has 43 heavy (non-hydrogen) atoms. The summed E-state index contributed by atoms with van der Waals surface area (Å²) in [5.41, 5.74) is 3.23. The quantitative estimate of drug-likeness (QED) is 0.355. The van der Waals surface area contributed by atoms with E-state index in [0.29, 0.717) is 38.3 Å². The molecule has 3 aliphatic carbocycles. The molecule has 0 amide bonds. The monoisotopic (exact) mass is 628 g/mol. The SMILES string of the molecule is NS(=O)(=O)[C@@H]1CCCC(/C=C/[C@H](O)[C@@H]2CC[C@H]2CN2C[C@@]3(CCCc4cc(Cl)ccc43)COc3ccc(C(=O)O)cc32)C1. The van der Waals surface area contributed by atoms with Crippen LogP contribution in [0.15, 0.2) is 48.6 Å². The number of carboxylic acids is 1. The third-order valence-corrected chi connectivity index (χ3v) is 12.0. The molecule has 0 radical (unpaired) electrons. The van der Waals surface area contributed by atoms with Gasteiger partial charge in [-0.3, -0.25) is 0 Å². The molecule has 232 valence electrons. The number of aryl methyl sites for hydroxylation is 1. The molecular weight excluding hydrogens is 588 g/mol. The van der Waals surface area contributed by atoms with Crippen molar-refractivity contribution < 1.29 is 28.2 Å². The number of carboxylic acid groups (broad SMARTS) is 1. The van der Waals surface area contributed by atoms with Crippen molar-refractivity contribution >= 4 is 33.3 Å². The Balaban J connectivity index is 1.24. The number of fused-ring (bicyclic) bond motifs is 3. The average Bonchev–Trinajstić information content (AvgIpc) is 3.10. The Hall–Kier alpha value is -2.59. The van der Waals surface area contributed by atoms with Crippen molar-refractivity contribution in [3.8, 4) is 5.75 Å². The van der Waals surface area contributed by atoms with Gasteiger partial charge in [-0.05, 0) is 111 Å². The maximum atomic E-state index is 11.9. The number of sulfonamides is 1. The van der Waals surface area contributed by atoms with E-state index in [9.17, 15) is 23.4 Å². The summed E-state index contributed by atoms with van der Waals surface area (Å²) in [4.78, 5) is 14.2. The van der Waals surface area contributed by atoms with Gasteiger partial charge >= 0.3 is 5.97 Å². The fourth-order valence-electron chi connectivity index (χ4n) is 7.87. The Labute approximate surface area is 258 Å². The average molecular weight is 629 g/mol. The minimum atomic E-state index is -3.56. The number of hydrogen-bond acceptors (Lipinski definition) is 6. The maximum Gasteiger partial charge on any atom is 0.335 e. The Morgan fingerprint density at radius 3 is 2.74 bits per heavy atom. The molecule has 2 fully saturated rings. The second kappa shape index (κ2) is 12.1. The number of benzene rings is 2. The summed E-state index contributed by atoms with van der Waals surface area (Å²) < 4.78 is 30.2. The second-order valence-electron chi connectivity index (χ2n) is 13.1. The number of halogens is 1. The number of aliphatic hydroxyl groups excluding tert-OH is 1. The predicted molar refractivity (Wildman–Crippen MR) is 167 cm³/mol. The van der Waals surface area contributed by atoms with E-state index in [1.807, 2.05) is 18.2 Å². The Morgan fingerprint density at radius 2 is 2.00 bits per heavy atom. The molecule has 6 rings (SSSR count). The van der Waals surface area contributed by atoms with Gasteiger partial charge in [0.2, 0.25) is 10.0 Å². The number of rotatable bonds is 7. The summed E-state index contributed by atoms with van der Waals surface area (Å²) in [6.07, 6.45) is 10.8. The first-order chi connectivity index (χ1) is 20.5. The number of carbonyl (C=O) groups is 1. The molecule has 4 aliphatic rings. The molecule has 1 aliphatic heterocycles. The molecule has 2 saturated carbocycles. The van der Waals surface area contributed by atoms with Gasteiger partial charge in [0, 0.05) is 23.5 Å². The number of allylic oxidation sites excluding steroid dienone is 1. The van der Waals surface area contributed by atoms with E-state index >= 15 is 0 Å². The number of ether oxygens (including phenoxy) is 1. The Morgan fingerprint density at radius 1 is 1.16 bits per heavy atom. The number of nitrogens with zero attached hydrogens (tertiary/aromatic N) is 1. The first-order valence-corrected chi connectivity index (χ1v) is 17.4. The molecule has 0 saturated heterocycles. The number of hydrogen-bond donors (Lipinski definition) is 3. The second-order valence-corrected chi connectivity index (χ2v) is 15.4. The van der Waals surface area contributed by atoms with Gasteiger partial charge in [-0.2, -0.15) is 0 Å². The molecule has 2 aromatic carbocycles. The van der Waals surface area contributed by atoms with Crippen LogP contribution in [0.4, 0.5) is 5.69 Å². The molecule has 1 heterocycles. The van der Waals surface area contributed by atoms with Gasteiger partial charge in [-0.1, -0.05) is 36.2 Å². The van der Waals surface area contributed by atoms with Crippen molar-refractivity contribution in [3.63, 3.8) is 0 Å². The standard InChI is InChI=1S/C33H41ClN2O6S/c34-25-9-11-28-22(16-25)4-2-14-33(28)19-36(29-17-23(32(38)39)8-13-31(29)42-20-33)18-24-7-10-27(24)30(37)12-6-21-3-1-5-26(15-21)43(35,40)41/h6,8-9,11-13,16-17,21,24,26-27,30,37H,1-5,7,10,14-15,18-20H2,(H,38,39)(H2,35,40,41)/b12-6+/t21?,24-,26+,27+,30-,33-/m0/s1. The highest BCUT2D eigenvalue weighted by Crippen LogP contribution is 2.46. The molecule has 1 spiro atoms. The largest absolute Gasteiger partial charge is 0.490 e. The summed E-state index contributed by atoms with van der Waals surface area (Å²) in [5.74, 6) is 0.0781. The van der Waals surface area contributed by atoms with Crippen LogP contribution in [0.3, 0.4) is 0 Å². The van der Waals surface area contributed by atoms with Crippen LogP contribution in [0.2, 0.25) is 5.02 Å². The van der Waals surface area contributed by atoms with Gasteiger partial charge in [-0.25, -0.2) is 18.4 Å². The van der Waals surface area contributed by atoms with E-state index < -0.39 is 27.3 Å². The summed E-state index contributed by atoms with van der Waals surface area (Å²) in [7, 11) is -3.56. The topological polar surface area (TPSA) is 130 Å². The van der Waals surface area contributed by atoms with E-state index in [0.717, 1.165) is 55.7 Å². The minimum Gasteiger partial charge on any atom is -0.490 e. The van der Waals surface area contributed by atoms with Crippen molar-refractivity contribution in [2.75, 3.05) is 24.6 Å². The van der Waals surface area contributed by atoms with Crippen LogP contribution in [0.25, 0.3) is 0 Å². The molecule has 0 aromatic heterocycles. The highest BCUT2D eigenvalue weighted by molar-refractivity contribution is 7.89. The van der Waals surface area contributed by atoms with Gasteiger partial charge < -0.3 is 19.8 Å². The normalized spacial score (nSPS) is 29.7. The minimum absolute atomic E-state index is 0.0672. The van der Waals surface area contributed by atoms with Crippen molar-refractivity contribution in [3.05, 3.63) is 70.3 Å². The van der Waals surface area contributed by atoms with E-state index in [1.54, 1.807) is 18.2 Å². The van der Waals surface area contributed by atoms with Gasteiger partial charge in [-0.15, -0.1) is 0 Å². The molecule has 10 heteroatoms. The molecule has 6 atom stereocenters. The van der Waals surface area contributed by atoms with E-state index in [4.69, 9.17) is 21.5 Å². The Bertz CT molecular complexity index is 1510. The summed E-state index contributed by atoms with van der Waals surface area (Å²) in [5, 5.41) is 26.6. The van der Waals surface area contributed by atoms with Crippen molar-refractivity contribution in [1.29, 1.82) is 0 Å². The Kier molecular flexibility index (Phi) is 8.54. The number of primary sulfonamides is 1. The van der Waals surface area contributed by atoms with Gasteiger partial charge in [0.25, 0.3) is 0 Å². The van der Waals surface area contributed by atoms with Gasteiger partial charge in [0.15, 0.2) is 0 Å².